The summed E-state index contributed by atoms with van der Waals surface area (Å²) >= 11 is 0. The highest BCUT2D eigenvalue weighted by atomic mass is 32.2. The van der Waals surface area contributed by atoms with E-state index in [-0.39, 0.29) is 29.2 Å². The quantitative estimate of drug-likeness (QED) is 0.570. The van der Waals surface area contributed by atoms with Crippen molar-refractivity contribution in [3.63, 3.8) is 0 Å². The van der Waals surface area contributed by atoms with Crippen LogP contribution in [0, 0.1) is 0 Å². The lowest BCUT2D eigenvalue weighted by Gasteiger charge is -2.32. The second-order valence-electron chi connectivity index (χ2n) is 10.1. The average molecular weight is 487 g/mol. The van der Waals surface area contributed by atoms with Gasteiger partial charge in [0.15, 0.2) is 0 Å². The molecule has 8 heteroatoms. The van der Waals surface area contributed by atoms with Crippen molar-refractivity contribution in [3.8, 4) is 0 Å². The van der Waals surface area contributed by atoms with Crippen molar-refractivity contribution >= 4 is 15.9 Å². The molecule has 0 aromatic heterocycles. The molecule has 0 spiro atoms. The lowest BCUT2D eigenvalue weighted by molar-refractivity contribution is -0.121. The normalized spacial score (nSPS) is 15.9. The number of sulfonamides is 1. The Morgan fingerprint density at radius 1 is 0.971 bits per heavy atom. The number of amides is 1. The van der Waals surface area contributed by atoms with E-state index in [4.69, 9.17) is 0 Å². The molecule has 0 saturated carbocycles. The van der Waals surface area contributed by atoms with Crippen molar-refractivity contribution in [2.45, 2.75) is 50.6 Å². The van der Waals surface area contributed by atoms with E-state index in [0.29, 0.717) is 6.54 Å². The van der Waals surface area contributed by atoms with Crippen LogP contribution >= 0.6 is 0 Å². The second kappa shape index (κ2) is 11.4. The highest BCUT2D eigenvalue weighted by Gasteiger charge is 2.18. The summed E-state index contributed by atoms with van der Waals surface area (Å²) < 4.78 is 27.6. The van der Waals surface area contributed by atoms with Crippen LogP contribution in [0.15, 0.2) is 53.4 Å². The van der Waals surface area contributed by atoms with Gasteiger partial charge in [0.2, 0.25) is 15.9 Å². The molecule has 1 amide bonds. The maximum absolute atomic E-state index is 12.5. The first-order valence-corrected chi connectivity index (χ1v) is 13.4. The van der Waals surface area contributed by atoms with Crippen LogP contribution in [-0.2, 0) is 33.3 Å². The number of hydrogen-bond acceptors (Lipinski definition) is 5. The molecule has 0 unspecified atom stereocenters. The highest BCUT2D eigenvalue weighted by molar-refractivity contribution is 7.89. The minimum atomic E-state index is -3.65. The molecule has 0 radical (unpaired) electrons. The molecule has 1 heterocycles. The van der Waals surface area contributed by atoms with E-state index in [1.54, 1.807) is 12.1 Å². The Kier molecular flexibility index (Phi) is 8.87. The maximum atomic E-state index is 12.5. The van der Waals surface area contributed by atoms with Crippen molar-refractivity contribution < 1.29 is 13.2 Å². The number of benzene rings is 2. The number of nitrogens with zero attached hydrogens (tertiary/aromatic N) is 2. The number of rotatable bonds is 9. The van der Waals surface area contributed by atoms with E-state index in [1.807, 2.05) is 24.3 Å². The van der Waals surface area contributed by atoms with Crippen molar-refractivity contribution in [1.29, 1.82) is 0 Å². The third-order valence-corrected chi connectivity index (χ3v) is 7.63. The van der Waals surface area contributed by atoms with Gasteiger partial charge in [-0.3, -0.25) is 9.69 Å². The molecule has 1 fully saturated rings. The van der Waals surface area contributed by atoms with Crippen LogP contribution < -0.4 is 10.0 Å². The lowest BCUT2D eigenvalue weighted by Crippen LogP contribution is -2.43. The Bertz CT molecular complexity index is 1050. The van der Waals surface area contributed by atoms with E-state index in [9.17, 15) is 13.2 Å². The predicted octanol–water partition coefficient (Wildman–Crippen LogP) is 2.72. The van der Waals surface area contributed by atoms with E-state index in [1.165, 1.54) is 5.56 Å². The van der Waals surface area contributed by atoms with Gasteiger partial charge < -0.3 is 10.2 Å². The fourth-order valence-electron chi connectivity index (χ4n) is 3.91. The molecule has 2 aromatic rings. The first-order chi connectivity index (χ1) is 16.0. The maximum Gasteiger partial charge on any atom is 0.240 e. The summed E-state index contributed by atoms with van der Waals surface area (Å²) in [4.78, 5) is 17.3. The zero-order chi connectivity index (χ0) is 24.8. The number of carbonyl (C=O) groups excluding carboxylic acids is 1. The van der Waals surface area contributed by atoms with E-state index >= 15 is 0 Å². The van der Waals surface area contributed by atoms with Crippen LogP contribution in [0.3, 0.4) is 0 Å². The molecular formula is C26H38N4O3S. The number of nitrogens with one attached hydrogen (secondary N) is 2. The van der Waals surface area contributed by atoms with Gasteiger partial charge in [-0.1, -0.05) is 57.2 Å². The summed E-state index contributed by atoms with van der Waals surface area (Å²) in [7, 11) is -1.50. The first-order valence-electron chi connectivity index (χ1n) is 11.9. The SMILES string of the molecule is CN1CCN(Cc2cccc(CNC(=O)CCNS(=O)(=O)c3ccc(C(C)(C)C)cc3)c2)CC1. The Morgan fingerprint density at radius 2 is 1.62 bits per heavy atom. The van der Waals surface area contributed by atoms with Gasteiger partial charge in [0.1, 0.15) is 0 Å². The molecule has 2 N–H and O–H groups in total. The topological polar surface area (TPSA) is 81.8 Å². The number of piperazine rings is 1. The fourth-order valence-corrected chi connectivity index (χ4v) is 4.94. The molecule has 2 aromatic carbocycles. The van der Waals surface area contributed by atoms with Gasteiger partial charge in [-0.15, -0.1) is 0 Å². The van der Waals surface area contributed by atoms with Crippen molar-refractivity contribution in [3.05, 3.63) is 65.2 Å². The molecule has 7 nitrogen and oxygen atoms in total. The smallest absolute Gasteiger partial charge is 0.240 e. The summed E-state index contributed by atoms with van der Waals surface area (Å²) in [6.07, 6.45) is 0.0836. The van der Waals surface area contributed by atoms with Crippen LogP contribution in [0.2, 0.25) is 0 Å². The summed E-state index contributed by atoms with van der Waals surface area (Å²) in [5.41, 5.74) is 3.30. The molecule has 0 aliphatic carbocycles. The van der Waals surface area contributed by atoms with E-state index < -0.39 is 10.0 Å². The molecule has 1 aliphatic rings. The third-order valence-electron chi connectivity index (χ3n) is 6.16. The van der Waals surface area contributed by atoms with Crippen LogP contribution in [0.4, 0.5) is 0 Å². The van der Waals surface area contributed by atoms with Crippen molar-refractivity contribution in [2.75, 3.05) is 39.8 Å². The fraction of sp³-hybridized carbons (Fsp3) is 0.500. The molecule has 1 aliphatic heterocycles. The Labute approximate surface area is 204 Å². The number of hydrogen-bond donors (Lipinski definition) is 2. The zero-order valence-corrected chi connectivity index (χ0v) is 21.6. The minimum Gasteiger partial charge on any atom is -0.352 e. The van der Waals surface area contributed by atoms with Crippen molar-refractivity contribution in [2.24, 2.45) is 0 Å². The highest BCUT2D eigenvalue weighted by Crippen LogP contribution is 2.23. The van der Waals surface area contributed by atoms with Crippen molar-refractivity contribution in [1.82, 2.24) is 19.8 Å². The summed E-state index contributed by atoms with van der Waals surface area (Å²) in [6, 6.07) is 15.1. The van der Waals surface area contributed by atoms with Gasteiger partial charge in [-0.05, 0) is 41.3 Å². The van der Waals surface area contributed by atoms with Crippen LogP contribution in [0.25, 0.3) is 0 Å². The molecule has 0 atom stereocenters. The zero-order valence-electron chi connectivity index (χ0n) is 20.8. The third kappa shape index (κ3) is 7.91. The Hall–Kier alpha value is -2.26. The number of carbonyl (C=O) groups is 1. The summed E-state index contributed by atoms with van der Waals surface area (Å²) in [5.74, 6) is -0.185. The van der Waals surface area contributed by atoms with Gasteiger partial charge in [-0.25, -0.2) is 13.1 Å². The lowest BCUT2D eigenvalue weighted by atomic mass is 9.87. The first kappa shape index (κ1) is 26.3. The average Bonchev–Trinajstić information content (AvgIpc) is 2.79. The molecular weight excluding hydrogens is 448 g/mol. The Balaban J connectivity index is 1.43. The van der Waals surface area contributed by atoms with Crippen LogP contribution in [-0.4, -0.2) is 63.9 Å². The molecule has 0 bridgehead atoms. The van der Waals surface area contributed by atoms with E-state index in [2.05, 4.69) is 59.8 Å². The van der Waals surface area contributed by atoms with Gasteiger partial charge >= 0.3 is 0 Å². The van der Waals surface area contributed by atoms with Gasteiger partial charge in [0, 0.05) is 52.2 Å². The summed E-state index contributed by atoms with van der Waals surface area (Å²) in [5, 5.41) is 2.89. The van der Waals surface area contributed by atoms with Gasteiger partial charge in [0.25, 0.3) is 0 Å². The molecule has 186 valence electrons. The Morgan fingerprint density at radius 3 is 2.26 bits per heavy atom. The largest absolute Gasteiger partial charge is 0.352 e. The van der Waals surface area contributed by atoms with Gasteiger partial charge in [-0.2, -0.15) is 0 Å². The summed E-state index contributed by atoms with van der Waals surface area (Å²) in [6.45, 7) is 11.9. The van der Waals surface area contributed by atoms with Crippen LogP contribution in [0.5, 0.6) is 0 Å². The predicted molar refractivity (Wildman–Crippen MR) is 136 cm³/mol. The molecule has 1 saturated heterocycles. The molecule has 34 heavy (non-hydrogen) atoms. The standard InChI is InChI=1S/C26H38N4O3S/c1-26(2,3)23-8-10-24(11-9-23)34(32,33)28-13-12-25(31)27-19-21-6-5-7-22(18-21)20-30-16-14-29(4)15-17-30/h5-11,18,28H,12-17,19-20H2,1-4H3,(H,27,31). The number of likely N-dealkylation sites (N-methyl/N-ethyl adjacent to an activating group) is 1. The van der Waals surface area contributed by atoms with Crippen LogP contribution in [0.1, 0.15) is 43.9 Å². The van der Waals surface area contributed by atoms with Gasteiger partial charge in [0.05, 0.1) is 4.90 Å². The minimum absolute atomic E-state index is 0.0438. The van der Waals surface area contributed by atoms with E-state index in [0.717, 1.165) is 43.9 Å². The second-order valence-corrected chi connectivity index (χ2v) is 11.9. The monoisotopic (exact) mass is 486 g/mol. The molecule has 3 rings (SSSR count).